The van der Waals surface area contributed by atoms with Gasteiger partial charge in [0.1, 0.15) is 12.2 Å². The van der Waals surface area contributed by atoms with Crippen molar-refractivity contribution in [2.75, 3.05) is 26.3 Å². The van der Waals surface area contributed by atoms with Crippen LogP contribution >= 0.6 is 0 Å². The first-order chi connectivity index (χ1) is 9.33. The van der Waals surface area contributed by atoms with E-state index in [2.05, 4.69) is 21.9 Å². The van der Waals surface area contributed by atoms with E-state index >= 15 is 0 Å². The fraction of sp³-hybridized carbons (Fsp3) is 0.846. The van der Waals surface area contributed by atoms with Gasteiger partial charge in [0.2, 0.25) is 0 Å². The van der Waals surface area contributed by atoms with Gasteiger partial charge in [-0.15, -0.1) is 0 Å². The first kappa shape index (κ1) is 14.4. The molecule has 1 aliphatic heterocycles. The lowest BCUT2D eigenvalue weighted by atomic mass is 10.1. The Bertz CT molecular complexity index is 361. The van der Waals surface area contributed by atoms with Crippen molar-refractivity contribution < 1.29 is 9.84 Å². The minimum atomic E-state index is 0.111. The Balaban J connectivity index is 1.77. The Hall–Kier alpha value is -0.980. The van der Waals surface area contributed by atoms with Crippen LogP contribution in [0.5, 0.6) is 0 Å². The van der Waals surface area contributed by atoms with Gasteiger partial charge in [-0.25, -0.2) is 9.67 Å². The highest BCUT2D eigenvalue weighted by molar-refractivity contribution is 4.86. The largest absolute Gasteiger partial charge is 0.394 e. The average molecular weight is 268 g/mol. The lowest BCUT2D eigenvalue weighted by molar-refractivity contribution is -0.00957. The van der Waals surface area contributed by atoms with Gasteiger partial charge in [0.25, 0.3) is 0 Å². The van der Waals surface area contributed by atoms with E-state index < -0.39 is 0 Å². The Kier molecular flexibility index (Phi) is 5.75. The van der Waals surface area contributed by atoms with E-state index in [1.165, 1.54) is 0 Å². The van der Waals surface area contributed by atoms with Gasteiger partial charge in [0.05, 0.1) is 25.9 Å². The molecule has 0 unspecified atom stereocenters. The fourth-order valence-electron chi connectivity index (χ4n) is 2.46. The molecule has 1 aliphatic rings. The maximum atomic E-state index is 8.75. The van der Waals surface area contributed by atoms with Gasteiger partial charge in [-0.3, -0.25) is 4.90 Å². The van der Waals surface area contributed by atoms with E-state index in [0.717, 1.165) is 51.3 Å². The number of hydrogen-bond acceptors (Lipinski definition) is 5. The van der Waals surface area contributed by atoms with Crippen LogP contribution in [-0.2, 0) is 17.8 Å². The molecular formula is C13H24N4O2. The van der Waals surface area contributed by atoms with E-state index in [9.17, 15) is 0 Å². The smallest absolute Gasteiger partial charge is 0.141 e. The maximum absolute atomic E-state index is 8.75. The number of aliphatic hydroxyl groups excluding tert-OH is 1. The summed E-state index contributed by atoms with van der Waals surface area (Å²) in [4.78, 5) is 6.74. The predicted octanol–water partition coefficient (Wildman–Crippen LogP) is 0.661. The van der Waals surface area contributed by atoms with Gasteiger partial charge in [0, 0.05) is 19.6 Å². The van der Waals surface area contributed by atoms with Crippen LogP contribution in [0.15, 0.2) is 6.33 Å². The van der Waals surface area contributed by atoms with Crippen molar-refractivity contribution in [3.8, 4) is 0 Å². The van der Waals surface area contributed by atoms with E-state index in [0.29, 0.717) is 12.7 Å². The zero-order valence-corrected chi connectivity index (χ0v) is 11.7. The molecule has 0 aromatic carbocycles. The molecule has 1 N–H and O–H groups in total. The third kappa shape index (κ3) is 4.26. The van der Waals surface area contributed by atoms with Crippen LogP contribution in [0.25, 0.3) is 0 Å². The van der Waals surface area contributed by atoms with Gasteiger partial charge in [-0.2, -0.15) is 5.10 Å². The SMILES string of the molecule is CCCn1ncnc1CN1CCC(OCCO)CC1. The number of rotatable bonds is 7. The highest BCUT2D eigenvalue weighted by Crippen LogP contribution is 2.15. The van der Waals surface area contributed by atoms with Crippen molar-refractivity contribution >= 4 is 0 Å². The number of likely N-dealkylation sites (tertiary alicyclic amines) is 1. The second kappa shape index (κ2) is 7.57. The number of piperidine rings is 1. The van der Waals surface area contributed by atoms with Crippen LogP contribution in [0.2, 0.25) is 0 Å². The van der Waals surface area contributed by atoms with Crippen molar-refractivity contribution in [3.63, 3.8) is 0 Å². The highest BCUT2D eigenvalue weighted by atomic mass is 16.5. The van der Waals surface area contributed by atoms with Crippen LogP contribution < -0.4 is 0 Å². The summed E-state index contributed by atoms with van der Waals surface area (Å²) in [5, 5.41) is 13.0. The zero-order valence-electron chi connectivity index (χ0n) is 11.7. The summed E-state index contributed by atoms with van der Waals surface area (Å²) >= 11 is 0. The molecule has 2 rings (SSSR count). The Morgan fingerprint density at radius 2 is 2.21 bits per heavy atom. The van der Waals surface area contributed by atoms with Gasteiger partial charge in [-0.1, -0.05) is 6.92 Å². The third-order valence-electron chi connectivity index (χ3n) is 3.48. The third-order valence-corrected chi connectivity index (χ3v) is 3.48. The van der Waals surface area contributed by atoms with Crippen LogP contribution in [0, 0.1) is 0 Å². The minimum Gasteiger partial charge on any atom is -0.394 e. The first-order valence-electron chi connectivity index (χ1n) is 7.15. The second-order valence-electron chi connectivity index (χ2n) is 4.97. The van der Waals surface area contributed by atoms with Crippen molar-refractivity contribution in [2.45, 2.75) is 45.4 Å². The van der Waals surface area contributed by atoms with Crippen molar-refractivity contribution in [1.82, 2.24) is 19.7 Å². The highest BCUT2D eigenvalue weighted by Gasteiger charge is 2.20. The summed E-state index contributed by atoms with van der Waals surface area (Å²) in [5.74, 6) is 1.05. The van der Waals surface area contributed by atoms with E-state index in [-0.39, 0.29) is 6.61 Å². The maximum Gasteiger partial charge on any atom is 0.141 e. The predicted molar refractivity (Wildman–Crippen MR) is 71.6 cm³/mol. The molecule has 0 aliphatic carbocycles. The lowest BCUT2D eigenvalue weighted by Crippen LogP contribution is -2.37. The number of hydrogen-bond donors (Lipinski definition) is 1. The monoisotopic (exact) mass is 268 g/mol. The summed E-state index contributed by atoms with van der Waals surface area (Å²) in [5.41, 5.74) is 0. The summed E-state index contributed by atoms with van der Waals surface area (Å²) < 4.78 is 7.56. The minimum absolute atomic E-state index is 0.111. The number of nitrogens with zero attached hydrogens (tertiary/aromatic N) is 4. The topological polar surface area (TPSA) is 63.4 Å². The van der Waals surface area contributed by atoms with Crippen molar-refractivity contribution in [3.05, 3.63) is 12.2 Å². The standard InChI is InChI=1S/C13H24N4O2/c1-2-5-17-13(14-11-15-17)10-16-6-3-12(4-7-16)19-9-8-18/h11-12,18H,2-10H2,1H3. The molecule has 0 bridgehead atoms. The molecule has 6 nitrogen and oxygen atoms in total. The molecule has 0 amide bonds. The molecule has 1 saturated heterocycles. The van der Waals surface area contributed by atoms with Crippen LogP contribution in [0.1, 0.15) is 32.0 Å². The molecule has 1 aromatic rings. The van der Waals surface area contributed by atoms with E-state index in [4.69, 9.17) is 9.84 Å². The van der Waals surface area contributed by atoms with Gasteiger partial charge in [-0.05, 0) is 19.3 Å². The molecule has 2 heterocycles. The zero-order chi connectivity index (χ0) is 13.5. The Morgan fingerprint density at radius 3 is 2.89 bits per heavy atom. The molecule has 0 radical (unpaired) electrons. The van der Waals surface area contributed by atoms with Crippen molar-refractivity contribution in [2.24, 2.45) is 0 Å². The molecule has 1 fully saturated rings. The summed E-state index contributed by atoms with van der Waals surface area (Å²) in [6.45, 7) is 6.56. The van der Waals surface area contributed by atoms with Crippen LogP contribution in [0.4, 0.5) is 0 Å². The summed E-state index contributed by atoms with van der Waals surface area (Å²) in [6.07, 6.45) is 5.08. The second-order valence-corrected chi connectivity index (χ2v) is 4.97. The molecular weight excluding hydrogens is 244 g/mol. The van der Waals surface area contributed by atoms with E-state index in [1.807, 2.05) is 4.68 Å². The number of aliphatic hydroxyl groups is 1. The first-order valence-corrected chi connectivity index (χ1v) is 7.15. The van der Waals surface area contributed by atoms with Gasteiger partial charge < -0.3 is 9.84 Å². The molecule has 1 aromatic heterocycles. The molecule has 0 saturated carbocycles. The lowest BCUT2D eigenvalue weighted by Gasteiger charge is -2.31. The molecule has 108 valence electrons. The summed E-state index contributed by atoms with van der Waals surface area (Å²) in [7, 11) is 0. The van der Waals surface area contributed by atoms with Crippen LogP contribution in [-0.4, -0.2) is 57.2 Å². The summed E-state index contributed by atoms with van der Waals surface area (Å²) in [6, 6.07) is 0. The number of aryl methyl sites for hydroxylation is 1. The fourth-order valence-corrected chi connectivity index (χ4v) is 2.46. The molecule has 19 heavy (non-hydrogen) atoms. The van der Waals surface area contributed by atoms with Gasteiger partial charge >= 0.3 is 0 Å². The molecule has 6 heteroatoms. The van der Waals surface area contributed by atoms with Crippen LogP contribution in [0.3, 0.4) is 0 Å². The van der Waals surface area contributed by atoms with Crippen molar-refractivity contribution in [1.29, 1.82) is 0 Å². The van der Waals surface area contributed by atoms with Gasteiger partial charge in [0.15, 0.2) is 0 Å². The number of ether oxygens (including phenoxy) is 1. The van der Waals surface area contributed by atoms with E-state index in [1.54, 1.807) is 6.33 Å². The average Bonchev–Trinajstić information content (AvgIpc) is 2.86. The molecule has 0 atom stereocenters. The quantitative estimate of drug-likeness (QED) is 0.787. The number of aromatic nitrogens is 3. The molecule has 0 spiro atoms. The normalized spacial score (nSPS) is 18.0. The Labute approximate surface area is 114 Å². The Morgan fingerprint density at radius 1 is 1.42 bits per heavy atom.